The lowest BCUT2D eigenvalue weighted by atomic mass is 9.82. The maximum absolute atomic E-state index is 13.7. The highest BCUT2D eigenvalue weighted by atomic mass is 19.2. The molecule has 2 N–H and O–H groups in total. The zero-order valence-electron chi connectivity index (χ0n) is 15.1. The number of nitrogens with zero attached hydrogens (tertiary/aromatic N) is 2. The molecule has 0 saturated carbocycles. The zero-order chi connectivity index (χ0) is 17.8. The number of benzene rings is 1. The van der Waals surface area contributed by atoms with Crippen LogP contribution in [0.1, 0.15) is 37.7 Å². The zero-order valence-corrected chi connectivity index (χ0v) is 15.1. The van der Waals surface area contributed by atoms with Crippen LogP contribution in [0.15, 0.2) is 23.2 Å². The van der Waals surface area contributed by atoms with Crippen LogP contribution in [0.2, 0.25) is 0 Å². The highest BCUT2D eigenvalue weighted by Gasteiger charge is 2.36. The van der Waals surface area contributed by atoms with Crippen molar-refractivity contribution in [2.24, 2.45) is 4.99 Å². The van der Waals surface area contributed by atoms with Crippen LogP contribution in [0.3, 0.4) is 0 Å². The number of fused-ring (bicyclic) bond motifs is 2. The molecular weight excluding hydrogens is 322 g/mol. The van der Waals surface area contributed by atoms with Gasteiger partial charge in [0.1, 0.15) is 0 Å². The van der Waals surface area contributed by atoms with Gasteiger partial charge in [0.2, 0.25) is 0 Å². The summed E-state index contributed by atoms with van der Waals surface area (Å²) in [4.78, 5) is 6.81. The Balaban J connectivity index is 1.49. The van der Waals surface area contributed by atoms with Crippen molar-refractivity contribution in [1.82, 2.24) is 15.5 Å². The molecule has 6 heteroatoms. The summed E-state index contributed by atoms with van der Waals surface area (Å²) in [6.07, 6.45) is 6.56. The van der Waals surface area contributed by atoms with Crippen LogP contribution in [0.5, 0.6) is 0 Å². The van der Waals surface area contributed by atoms with Gasteiger partial charge in [0.25, 0.3) is 0 Å². The lowest BCUT2D eigenvalue weighted by molar-refractivity contribution is 0.0526. The summed E-state index contributed by atoms with van der Waals surface area (Å²) >= 11 is 0. The molecule has 1 aromatic rings. The summed E-state index contributed by atoms with van der Waals surface area (Å²) in [5, 5.41) is 6.74. The van der Waals surface area contributed by atoms with Crippen molar-refractivity contribution in [1.29, 1.82) is 0 Å². The van der Waals surface area contributed by atoms with Crippen LogP contribution >= 0.6 is 0 Å². The van der Waals surface area contributed by atoms with Gasteiger partial charge in [-0.3, -0.25) is 4.99 Å². The standard InChI is InChI=1S/C19H28F2N4/c1-22-19(23-10-9-13-5-3-8-17(20)18(13)21)24-14-11-15-6-4-7-16(12-14)25(15)2/h3,5,8,14-16H,4,6-7,9-12H2,1-2H3,(H2,22,23,24). The largest absolute Gasteiger partial charge is 0.356 e. The average Bonchev–Trinajstić information content (AvgIpc) is 2.58. The Hall–Kier alpha value is -1.69. The minimum atomic E-state index is -0.794. The summed E-state index contributed by atoms with van der Waals surface area (Å²) < 4.78 is 26.9. The molecule has 0 amide bonds. The molecule has 2 fully saturated rings. The number of rotatable bonds is 4. The predicted octanol–water partition coefficient (Wildman–Crippen LogP) is 2.69. The van der Waals surface area contributed by atoms with E-state index in [2.05, 4.69) is 27.6 Å². The van der Waals surface area contributed by atoms with Gasteiger partial charge in [-0.05, 0) is 50.8 Å². The molecule has 3 rings (SSSR count). The molecule has 0 spiro atoms. The molecule has 2 aliphatic rings. The van der Waals surface area contributed by atoms with Crippen molar-refractivity contribution in [2.45, 2.75) is 56.7 Å². The molecular formula is C19H28F2N4. The Morgan fingerprint density at radius 3 is 2.64 bits per heavy atom. The van der Waals surface area contributed by atoms with Gasteiger partial charge in [0.05, 0.1) is 0 Å². The molecule has 2 bridgehead atoms. The van der Waals surface area contributed by atoms with E-state index >= 15 is 0 Å². The number of hydrogen-bond acceptors (Lipinski definition) is 2. The van der Waals surface area contributed by atoms with Crippen molar-refractivity contribution >= 4 is 5.96 Å². The molecule has 0 aliphatic carbocycles. The van der Waals surface area contributed by atoms with E-state index in [1.54, 1.807) is 13.1 Å². The second-order valence-electron chi connectivity index (χ2n) is 7.18. The molecule has 25 heavy (non-hydrogen) atoms. The highest BCUT2D eigenvalue weighted by Crippen LogP contribution is 2.32. The fourth-order valence-corrected chi connectivity index (χ4v) is 4.18. The maximum atomic E-state index is 13.7. The Morgan fingerprint density at radius 1 is 1.24 bits per heavy atom. The third-order valence-corrected chi connectivity index (χ3v) is 5.62. The van der Waals surface area contributed by atoms with E-state index in [0.29, 0.717) is 36.7 Å². The normalized spacial score (nSPS) is 27.2. The highest BCUT2D eigenvalue weighted by molar-refractivity contribution is 5.80. The minimum absolute atomic E-state index is 0.386. The van der Waals surface area contributed by atoms with Gasteiger partial charge in [-0.2, -0.15) is 0 Å². The molecule has 1 aromatic carbocycles. The fourth-order valence-electron chi connectivity index (χ4n) is 4.18. The van der Waals surface area contributed by atoms with E-state index < -0.39 is 11.6 Å². The third kappa shape index (κ3) is 4.29. The van der Waals surface area contributed by atoms with Crippen LogP contribution < -0.4 is 10.6 Å². The van der Waals surface area contributed by atoms with Gasteiger partial charge < -0.3 is 15.5 Å². The van der Waals surface area contributed by atoms with Gasteiger partial charge in [0.15, 0.2) is 17.6 Å². The maximum Gasteiger partial charge on any atom is 0.191 e. The molecule has 2 saturated heterocycles. The number of piperidine rings is 2. The minimum Gasteiger partial charge on any atom is -0.356 e. The van der Waals surface area contributed by atoms with Gasteiger partial charge in [-0.1, -0.05) is 18.6 Å². The summed E-state index contributed by atoms with van der Waals surface area (Å²) in [6.45, 7) is 0.513. The van der Waals surface area contributed by atoms with Gasteiger partial charge in [-0.15, -0.1) is 0 Å². The average molecular weight is 350 g/mol. The Morgan fingerprint density at radius 2 is 1.96 bits per heavy atom. The number of aliphatic imine (C=N–C) groups is 1. The van der Waals surface area contributed by atoms with Crippen molar-refractivity contribution in [2.75, 3.05) is 20.6 Å². The number of halogens is 2. The first-order valence-electron chi connectivity index (χ1n) is 9.20. The second kappa shape index (κ2) is 8.13. The monoisotopic (exact) mass is 350 g/mol. The smallest absolute Gasteiger partial charge is 0.191 e. The quantitative estimate of drug-likeness (QED) is 0.648. The Labute approximate surface area is 148 Å². The fraction of sp³-hybridized carbons (Fsp3) is 0.632. The van der Waals surface area contributed by atoms with E-state index in [0.717, 1.165) is 24.9 Å². The molecule has 0 radical (unpaired) electrons. The van der Waals surface area contributed by atoms with E-state index in [4.69, 9.17) is 0 Å². The van der Waals surface area contributed by atoms with Crippen LogP contribution in [-0.2, 0) is 6.42 Å². The topological polar surface area (TPSA) is 39.7 Å². The molecule has 4 nitrogen and oxygen atoms in total. The first-order valence-corrected chi connectivity index (χ1v) is 9.20. The summed E-state index contributed by atoms with van der Waals surface area (Å²) in [6, 6.07) is 6.04. The van der Waals surface area contributed by atoms with Gasteiger partial charge >= 0.3 is 0 Å². The Bertz CT molecular complexity index is 605. The van der Waals surface area contributed by atoms with E-state index in [1.807, 2.05) is 0 Å². The summed E-state index contributed by atoms with van der Waals surface area (Å²) in [5.74, 6) is -0.808. The van der Waals surface area contributed by atoms with Crippen molar-refractivity contribution in [3.8, 4) is 0 Å². The first kappa shape index (κ1) is 18.1. The lowest BCUT2D eigenvalue weighted by Crippen LogP contribution is -2.56. The molecule has 2 unspecified atom stereocenters. The first-order chi connectivity index (χ1) is 12.1. The van der Waals surface area contributed by atoms with Gasteiger partial charge in [-0.25, -0.2) is 8.78 Å². The molecule has 2 heterocycles. The van der Waals surface area contributed by atoms with Crippen molar-refractivity contribution in [3.05, 3.63) is 35.4 Å². The lowest BCUT2D eigenvalue weighted by Gasteiger charge is -2.47. The number of nitrogens with one attached hydrogen (secondary N) is 2. The molecule has 0 aromatic heterocycles. The number of hydrogen-bond donors (Lipinski definition) is 2. The van der Waals surface area contributed by atoms with Gasteiger partial charge in [0, 0.05) is 31.7 Å². The van der Waals surface area contributed by atoms with E-state index in [9.17, 15) is 8.78 Å². The third-order valence-electron chi connectivity index (χ3n) is 5.62. The van der Waals surface area contributed by atoms with Crippen LogP contribution in [0, 0.1) is 11.6 Å². The van der Waals surface area contributed by atoms with Crippen LogP contribution in [0.25, 0.3) is 0 Å². The molecule has 2 aliphatic heterocycles. The summed E-state index contributed by atoms with van der Waals surface area (Å²) in [7, 11) is 3.99. The summed E-state index contributed by atoms with van der Waals surface area (Å²) in [5.41, 5.74) is 0.386. The molecule has 138 valence electrons. The Kier molecular flexibility index (Phi) is 5.89. The predicted molar refractivity (Wildman–Crippen MR) is 96.8 cm³/mol. The second-order valence-corrected chi connectivity index (χ2v) is 7.18. The SMILES string of the molecule is CN=C(NCCc1cccc(F)c1F)NC1CC2CCCC(C1)N2C. The van der Waals surface area contributed by atoms with Crippen LogP contribution in [-0.4, -0.2) is 49.6 Å². The van der Waals surface area contributed by atoms with Crippen molar-refractivity contribution < 1.29 is 8.78 Å². The van der Waals surface area contributed by atoms with E-state index in [1.165, 1.54) is 25.3 Å². The van der Waals surface area contributed by atoms with Crippen LogP contribution in [0.4, 0.5) is 8.78 Å². The van der Waals surface area contributed by atoms with Crippen molar-refractivity contribution in [3.63, 3.8) is 0 Å². The van der Waals surface area contributed by atoms with E-state index in [-0.39, 0.29) is 0 Å². The molecule has 2 atom stereocenters. The number of guanidine groups is 1.